The van der Waals surface area contributed by atoms with Crippen LogP contribution >= 0.6 is 0 Å². The molecule has 0 saturated carbocycles. The van der Waals surface area contributed by atoms with E-state index in [1.165, 1.54) is 5.01 Å². The van der Waals surface area contributed by atoms with E-state index in [1.807, 2.05) is 25.1 Å². The highest BCUT2D eigenvalue weighted by atomic mass is 16.3. The zero-order valence-electron chi connectivity index (χ0n) is 9.47. The summed E-state index contributed by atoms with van der Waals surface area (Å²) in [4.78, 5) is 8.94. The Hall–Kier alpha value is -1.63. The molecule has 0 aliphatic heterocycles. The average Bonchev–Trinajstić information content (AvgIpc) is 2.29. The third kappa shape index (κ3) is 4.26. The number of rotatable bonds is 3. The number of benzene rings is 1. The van der Waals surface area contributed by atoms with Crippen molar-refractivity contribution in [2.45, 2.75) is 13.5 Å². The third-order valence-corrected chi connectivity index (χ3v) is 1.99. The number of nitrogens with two attached hydrogens (primary N) is 2. The number of nitrogens with zero attached hydrogens (tertiary/aromatic N) is 1. The van der Waals surface area contributed by atoms with Gasteiger partial charge in [0.2, 0.25) is 6.41 Å². The number of hydrazine groups is 2. The molecule has 6 heteroatoms. The van der Waals surface area contributed by atoms with Crippen LogP contribution in [0.4, 0.5) is 5.69 Å². The summed E-state index contributed by atoms with van der Waals surface area (Å²) in [5, 5.41) is 10.6. The molecule has 1 rings (SSSR count). The minimum Gasteiger partial charge on any atom is -0.392 e. The number of nitrogens with one attached hydrogen (secondary N) is 1. The van der Waals surface area contributed by atoms with E-state index < -0.39 is 0 Å². The summed E-state index contributed by atoms with van der Waals surface area (Å²) in [6.07, 6.45) is 0.403. The molecule has 0 bridgehead atoms. The highest BCUT2D eigenvalue weighted by Gasteiger charge is 2.05. The summed E-state index contributed by atoms with van der Waals surface area (Å²) in [5.74, 6) is 9.99. The number of carbonyl (C=O) groups excluding carboxylic acids is 1. The lowest BCUT2D eigenvalue weighted by Crippen LogP contribution is -2.26. The van der Waals surface area contributed by atoms with Gasteiger partial charge in [-0.05, 0) is 18.6 Å². The lowest BCUT2D eigenvalue weighted by Gasteiger charge is -2.17. The number of aryl methyl sites for hydroxylation is 1. The van der Waals surface area contributed by atoms with E-state index in [1.54, 1.807) is 12.5 Å². The van der Waals surface area contributed by atoms with E-state index in [-0.39, 0.29) is 6.61 Å². The molecule has 6 nitrogen and oxygen atoms in total. The summed E-state index contributed by atoms with van der Waals surface area (Å²) in [7, 11) is 1.76. The van der Waals surface area contributed by atoms with Crippen molar-refractivity contribution in [2.24, 2.45) is 11.7 Å². The summed E-state index contributed by atoms with van der Waals surface area (Å²) >= 11 is 0. The van der Waals surface area contributed by atoms with Gasteiger partial charge in [0.1, 0.15) is 0 Å². The standard InChI is InChI=1S/C9H14N2O.CH4N2O/c1-7-4-3-5-9(11(2)10)8(7)6-12;2-3-1-4/h3-5,12H,6,10H2,1-2H3;1H,2H2,(H,3,4). The van der Waals surface area contributed by atoms with E-state index in [0.29, 0.717) is 6.41 Å². The molecule has 1 aromatic carbocycles. The third-order valence-electron chi connectivity index (χ3n) is 1.99. The van der Waals surface area contributed by atoms with Crippen LogP contribution in [0.5, 0.6) is 0 Å². The van der Waals surface area contributed by atoms with Crippen molar-refractivity contribution in [1.29, 1.82) is 0 Å². The number of hydrogen-bond donors (Lipinski definition) is 4. The maximum atomic E-state index is 9.07. The van der Waals surface area contributed by atoms with E-state index in [4.69, 9.17) is 15.7 Å². The molecule has 0 aromatic heterocycles. The smallest absolute Gasteiger partial charge is 0.221 e. The molecule has 0 heterocycles. The predicted molar refractivity (Wildman–Crippen MR) is 63.1 cm³/mol. The van der Waals surface area contributed by atoms with Crippen LogP contribution < -0.4 is 22.1 Å². The molecule has 0 spiro atoms. The summed E-state index contributed by atoms with van der Waals surface area (Å²) < 4.78 is 0. The highest BCUT2D eigenvalue weighted by molar-refractivity contribution is 5.54. The molecule has 6 N–H and O–H groups in total. The zero-order valence-corrected chi connectivity index (χ0v) is 9.47. The first kappa shape index (κ1) is 14.4. The first-order chi connectivity index (χ1) is 7.58. The van der Waals surface area contributed by atoms with Crippen LogP contribution in [-0.2, 0) is 11.4 Å². The highest BCUT2D eigenvalue weighted by Crippen LogP contribution is 2.20. The van der Waals surface area contributed by atoms with Crippen molar-refractivity contribution in [3.63, 3.8) is 0 Å². The first-order valence-electron chi connectivity index (χ1n) is 4.66. The molecule has 0 saturated heterocycles. The van der Waals surface area contributed by atoms with Crippen LogP contribution in [0, 0.1) is 6.92 Å². The number of amides is 1. The Kier molecular flexibility index (Phi) is 6.86. The van der Waals surface area contributed by atoms with Crippen molar-refractivity contribution < 1.29 is 9.90 Å². The topological polar surface area (TPSA) is 105 Å². The second-order valence-corrected chi connectivity index (χ2v) is 3.13. The van der Waals surface area contributed by atoms with Crippen molar-refractivity contribution >= 4 is 12.1 Å². The van der Waals surface area contributed by atoms with E-state index in [9.17, 15) is 0 Å². The Morgan fingerprint density at radius 3 is 2.44 bits per heavy atom. The van der Waals surface area contributed by atoms with Gasteiger partial charge >= 0.3 is 0 Å². The Morgan fingerprint density at radius 2 is 2.12 bits per heavy atom. The van der Waals surface area contributed by atoms with Crippen LogP contribution in [0.2, 0.25) is 0 Å². The van der Waals surface area contributed by atoms with Gasteiger partial charge in [0.05, 0.1) is 12.3 Å². The maximum absolute atomic E-state index is 9.07. The zero-order chi connectivity index (χ0) is 12.6. The van der Waals surface area contributed by atoms with E-state index in [2.05, 4.69) is 5.84 Å². The van der Waals surface area contributed by atoms with Gasteiger partial charge in [-0.15, -0.1) is 0 Å². The van der Waals surface area contributed by atoms with Gasteiger partial charge in [0.15, 0.2) is 0 Å². The average molecular weight is 226 g/mol. The van der Waals surface area contributed by atoms with Gasteiger partial charge in [-0.1, -0.05) is 12.1 Å². The van der Waals surface area contributed by atoms with E-state index in [0.717, 1.165) is 16.8 Å². The number of aliphatic hydroxyl groups is 1. The summed E-state index contributed by atoms with van der Waals surface area (Å²) in [5.41, 5.74) is 4.58. The van der Waals surface area contributed by atoms with Gasteiger partial charge in [-0.25, -0.2) is 11.7 Å². The number of anilines is 1. The van der Waals surface area contributed by atoms with Crippen LogP contribution in [-0.4, -0.2) is 18.6 Å². The second-order valence-electron chi connectivity index (χ2n) is 3.13. The van der Waals surface area contributed by atoms with Gasteiger partial charge in [-0.2, -0.15) is 0 Å². The van der Waals surface area contributed by atoms with Crippen molar-refractivity contribution in [2.75, 3.05) is 12.1 Å². The van der Waals surface area contributed by atoms with Gasteiger partial charge in [0, 0.05) is 12.6 Å². The minimum absolute atomic E-state index is 0.0313. The summed E-state index contributed by atoms with van der Waals surface area (Å²) in [6.45, 7) is 1.99. The quantitative estimate of drug-likeness (QED) is 0.238. The van der Waals surface area contributed by atoms with Crippen LogP contribution in [0.25, 0.3) is 0 Å². The fourth-order valence-electron chi connectivity index (χ4n) is 1.22. The Morgan fingerprint density at radius 1 is 1.56 bits per heavy atom. The minimum atomic E-state index is 0.0313. The molecule has 0 atom stereocenters. The molecule has 1 aromatic rings. The lowest BCUT2D eigenvalue weighted by atomic mass is 10.1. The number of carbonyl (C=O) groups is 1. The largest absolute Gasteiger partial charge is 0.392 e. The summed E-state index contributed by atoms with van der Waals surface area (Å²) in [6, 6.07) is 5.77. The maximum Gasteiger partial charge on any atom is 0.221 e. The van der Waals surface area contributed by atoms with Gasteiger partial charge in [-0.3, -0.25) is 10.2 Å². The Bertz CT molecular complexity index is 329. The van der Waals surface area contributed by atoms with Crippen molar-refractivity contribution in [3.8, 4) is 0 Å². The van der Waals surface area contributed by atoms with Crippen LogP contribution in [0.1, 0.15) is 11.1 Å². The lowest BCUT2D eigenvalue weighted by molar-refractivity contribution is -0.109. The Balaban J connectivity index is 0.000000487. The SMILES string of the molecule is Cc1cccc(N(C)N)c1CO.NNC=O. The normalized spacial score (nSPS) is 8.81. The molecule has 90 valence electrons. The predicted octanol–water partition coefficient (Wildman–Crippen LogP) is -0.597. The molecule has 0 aliphatic carbocycles. The molecule has 16 heavy (non-hydrogen) atoms. The molecule has 0 radical (unpaired) electrons. The second kappa shape index (κ2) is 7.63. The fourth-order valence-corrected chi connectivity index (χ4v) is 1.22. The molecular formula is C10H18N4O2. The first-order valence-corrected chi connectivity index (χ1v) is 4.66. The van der Waals surface area contributed by atoms with Gasteiger partial charge < -0.3 is 10.1 Å². The van der Waals surface area contributed by atoms with Gasteiger partial charge in [0.25, 0.3) is 0 Å². The molecular weight excluding hydrogens is 208 g/mol. The van der Waals surface area contributed by atoms with Crippen LogP contribution in [0.15, 0.2) is 18.2 Å². The van der Waals surface area contributed by atoms with Crippen LogP contribution in [0.3, 0.4) is 0 Å². The molecule has 1 amide bonds. The molecule has 0 unspecified atom stereocenters. The van der Waals surface area contributed by atoms with Crippen molar-refractivity contribution in [1.82, 2.24) is 5.43 Å². The van der Waals surface area contributed by atoms with E-state index >= 15 is 0 Å². The molecule has 0 fully saturated rings. The molecule has 0 aliphatic rings. The number of hydrogen-bond acceptors (Lipinski definition) is 5. The van der Waals surface area contributed by atoms with Crippen molar-refractivity contribution in [3.05, 3.63) is 29.3 Å². The monoisotopic (exact) mass is 226 g/mol. The number of aliphatic hydroxyl groups excluding tert-OH is 1. The Labute approximate surface area is 94.8 Å². The fraction of sp³-hybridized carbons (Fsp3) is 0.300.